The summed E-state index contributed by atoms with van der Waals surface area (Å²) in [7, 11) is 0. The topological polar surface area (TPSA) is 38.3 Å². The molecule has 1 aliphatic heterocycles. The minimum absolute atomic E-state index is 0.233. The number of esters is 1. The maximum absolute atomic E-state index is 11.5. The van der Waals surface area contributed by atoms with Gasteiger partial charge in [0.25, 0.3) is 0 Å². The van der Waals surface area contributed by atoms with E-state index in [4.69, 9.17) is 4.74 Å². The van der Waals surface area contributed by atoms with Gasteiger partial charge in [0, 0.05) is 12.4 Å². The summed E-state index contributed by atoms with van der Waals surface area (Å²) in [5.41, 5.74) is -0.474. The number of hydrogen-bond donors (Lipinski definition) is 1. The third kappa shape index (κ3) is 3.09. The molecule has 3 heteroatoms. The van der Waals surface area contributed by atoms with Crippen LogP contribution in [0.5, 0.6) is 0 Å². The first kappa shape index (κ1) is 10.6. The Bertz CT molecular complexity index is 306. The molecule has 1 heterocycles. The van der Waals surface area contributed by atoms with E-state index >= 15 is 0 Å². The molecule has 0 spiro atoms. The predicted octanol–water partition coefficient (Wildman–Crippen LogP) is 2.09. The summed E-state index contributed by atoms with van der Waals surface area (Å²) in [5, 5.41) is 2.88. The van der Waals surface area contributed by atoms with Gasteiger partial charge in [-0.1, -0.05) is 0 Å². The predicted molar refractivity (Wildman–Crippen MR) is 55.0 cm³/mol. The van der Waals surface area contributed by atoms with Gasteiger partial charge in [0.2, 0.25) is 0 Å². The van der Waals surface area contributed by atoms with Crippen LogP contribution in [0.2, 0.25) is 0 Å². The molecular formula is C11H15NO2. The fourth-order valence-corrected chi connectivity index (χ4v) is 0.768. The van der Waals surface area contributed by atoms with Gasteiger partial charge in [0.15, 0.2) is 0 Å². The molecule has 0 saturated heterocycles. The fraction of sp³-hybridized carbons (Fsp3) is 0.364. The second-order valence-electron chi connectivity index (χ2n) is 4.07. The summed E-state index contributed by atoms with van der Waals surface area (Å²) in [6.45, 7) is 5.47. The SMILES string of the molecule is CC(C)(C)C(=O)OC1=CC=CNC=C1. The summed E-state index contributed by atoms with van der Waals surface area (Å²) in [6, 6.07) is 0. The van der Waals surface area contributed by atoms with E-state index in [-0.39, 0.29) is 5.97 Å². The minimum Gasteiger partial charge on any atom is -0.426 e. The lowest BCUT2D eigenvalue weighted by atomic mass is 9.97. The molecule has 0 aromatic carbocycles. The Hall–Kier alpha value is -1.51. The monoisotopic (exact) mass is 193 g/mol. The number of hydrogen-bond acceptors (Lipinski definition) is 3. The number of ether oxygens (including phenoxy) is 1. The zero-order chi connectivity index (χ0) is 10.6. The molecule has 0 unspecified atom stereocenters. The molecular weight excluding hydrogens is 178 g/mol. The maximum atomic E-state index is 11.5. The van der Waals surface area contributed by atoms with Crippen molar-refractivity contribution in [3.05, 3.63) is 36.4 Å². The first-order chi connectivity index (χ1) is 6.50. The summed E-state index contributed by atoms with van der Waals surface area (Å²) in [6.07, 6.45) is 8.70. The standard InChI is InChI=1S/C11H15NO2/c1-11(2,3)10(13)14-9-5-4-7-12-8-6-9/h4-8,12H,1-3H3. The summed E-state index contributed by atoms with van der Waals surface area (Å²) in [5.74, 6) is 0.315. The van der Waals surface area contributed by atoms with Crippen molar-refractivity contribution >= 4 is 5.97 Å². The van der Waals surface area contributed by atoms with Crippen molar-refractivity contribution in [2.45, 2.75) is 20.8 Å². The molecule has 0 bridgehead atoms. The molecule has 0 aromatic rings. The van der Waals surface area contributed by atoms with Crippen LogP contribution >= 0.6 is 0 Å². The van der Waals surface area contributed by atoms with Gasteiger partial charge in [-0.25, -0.2) is 0 Å². The summed E-state index contributed by atoms with van der Waals surface area (Å²) in [4.78, 5) is 11.5. The number of rotatable bonds is 1. The van der Waals surface area contributed by atoms with Crippen molar-refractivity contribution in [1.82, 2.24) is 5.32 Å². The van der Waals surface area contributed by atoms with Crippen molar-refractivity contribution in [3.63, 3.8) is 0 Å². The van der Waals surface area contributed by atoms with Crippen molar-refractivity contribution in [2.24, 2.45) is 5.41 Å². The van der Waals surface area contributed by atoms with E-state index < -0.39 is 5.41 Å². The molecule has 0 aromatic heterocycles. The highest BCUT2D eigenvalue weighted by molar-refractivity contribution is 5.76. The Morgan fingerprint density at radius 1 is 1.36 bits per heavy atom. The molecule has 76 valence electrons. The molecule has 1 N–H and O–H groups in total. The lowest BCUT2D eigenvalue weighted by Gasteiger charge is -2.16. The van der Waals surface area contributed by atoms with Crippen LogP contribution < -0.4 is 5.32 Å². The molecule has 0 fully saturated rings. The van der Waals surface area contributed by atoms with Crippen LogP contribution in [0, 0.1) is 5.41 Å². The van der Waals surface area contributed by atoms with Gasteiger partial charge in [0.05, 0.1) is 5.41 Å². The van der Waals surface area contributed by atoms with E-state index in [2.05, 4.69) is 5.32 Å². The van der Waals surface area contributed by atoms with Crippen LogP contribution in [0.4, 0.5) is 0 Å². The number of carbonyl (C=O) groups excluding carboxylic acids is 1. The summed E-state index contributed by atoms with van der Waals surface area (Å²) < 4.78 is 5.18. The Kier molecular flexibility index (Phi) is 3.12. The van der Waals surface area contributed by atoms with Crippen molar-refractivity contribution in [2.75, 3.05) is 0 Å². The van der Waals surface area contributed by atoms with E-state index in [9.17, 15) is 4.79 Å². The Morgan fingerprint density at radius 3 is 2.71 bits per heavy atom. The van der Waals surface area contributed by atoms with E-state index in [0.717, 1.165) is 0 Å². The van der Waals surface area contributed by atoms with E-state index in [1.54, 1.807) is 30.6 Å². The third-order valence-corrected chi connectivity index (χ3v) is 1.62. The van der Waals surface area contributed by atoms with Crippen molar-refractivity contribution in [3.8, 4) is 0 Å². The zero-order valence-electron chi connectivity index (χ0n) is 8.70. The van der Waals surface area contributed by atoms with Gasteiger partial charge >= 0.3 is 5.97 Å². The van der Waals surface area contributed by atoms with Crippen molar-refractivity contribution < 1.29 is 9.53 Å². The van der Waals surface area contributed by atoms with Gasteiger partial charge < -0.3 is 10.1 Å². The van der Waals surface area contributed by atoms with Crippen LogP contribution in [0.15, 0.2) is 36.4 Å². The zero-order valence-corrected chi connectivity index (χ0v) is 8.70. The maximum Gasteiger partial charge on any atom is 0.316 e. The second-order valence-corrected chi connectivity index (χ2v) is 4.07. The fourth-order valence-electron chi connectivity index (χ4n) is 0.768. The highest BCUT2D eigenvalue weighted by Crippen LogP contribution is 2.18. The highest BCUT2D eigenvalue weighted by atomic mass is 16.5. The lowest BCUT2D eigenvalue weighted by molar-refractivity contribution is -0.147. The van der Waals surface area contributed by atoms with E-state index in [1.807, 2.05) is 20.8 Å². The van der Waals surface area contributed by atoms with Crippen LogP contribution in [0.25, 0.3) is 0 Å². The van der Waals surface area contributed by atoms with Gasteiger partial charge in [-0.2, -0.15) is 0 Å². The first-order valence-electron chi connectivity index (χ1n) is 4.52. The average molecular weight is 193 g/mol. The Labute approximate surface area is 84.1 Å². The Morgan fingerprint density at radius 2 is 2.07 bits per heavy atom. The van der Waals surface area contributed by atoms with Gasteiger partial charge in [-0.05, 0) is 39.0 Å². The van der Waals surface area contributed by atoms with E-state index in [0.29, 0.717) is 5.76 Å². The molecule has 1 rings (SSSR count). The van der Waals surface area contributed by atoms with E-state index in [1.165, 1.54) is 0 Å². The van der Waals surface area contributed by atoms with Crippen molar-refractivity contribution in [1.29, 1.82) is 0 Å². The van der Waals surface area contributed by atoms with Crippen LogP contribution in [0.1, 0.15) is 20.8 Å². The summed E-state index contributed by atoms with van der Waals surface area (Å²) >= 11 is 0. The van der Waals surface area contributed by atoms with Crippen LogP contribution in [-0.4, -0.2) is 5.97 Å². The first-order valence-corrected chi connectivity index (χ1v) is 4.52. The smallest absolute Gasteiger partial charge is 0.316 e. The van der Waals surface area contributed by atoms with Crippen LogP contribution in [0.3, 0.4) is 0 Å². The molecule has 0 radical (unpaired) electrons. The normalized spacial score (nSPS) is 15.5. The second kappa shape index (κ2) is 4.13. The molecule has 0 aliphatic carbocycles. The van der Waals surface area contributed by atoms with Gasteiger partial charge in [-0.15, -0.1) is 0 Å². The molecule has 14 heavy (non-hydrogen) atoms. The number of carbonyl (C=O) groups is 1. The van der Waals surface area contributed by atoms with Crippen LogP contribution in [-0.2, 0) is 9.53 Å². The molecule has 3 nitrogen and oxygen atoms in total. The highest BCUT2D eigenvalue weighted by Gasteiger charge is 2.23. The minimum atomic E-state index is -0.474. The number of allylic oxidation sites excluding steroid dienone is 3. The Balaban J connectivity index is 2.65. The average Bonchev–Trinajstić information content (AvgIpc) is 2.31. The quantitative estimate of drug-likeness (QED) is 0.648. The van der Waals surface area contributed by atoms with Gasteiger partial charge in [0.1, 0.15) is 5.76 Å². The third-order valence-electron chi connectivity index (χ3n) is 1.62. The molecule has 0 amide bonds. The molecule has 0 saturated carbocycles. The molecule has 1 aliphatic rings. The number of nitrogens with one attached hydrogen (secondary N) is 1. The van der Waals surface area contributed by atoms with Gasteiger partial charge in [-0.3, -0.25) is 4.79 Å². The largest absolute Gasteiger partial charge is 0.426 e. The molecule has 0 atom stereocenters. The lowest BCUT2D eigenvalue weighted by Crippen LogP contribution is -2.22.